The molecule has 4 rings (SSSR count). The summed E-state index contributed by atoms with van der Waals surface area (Å²) in [6, 6.07) is 15.2. The lowest BCUT2D eigenvalue weighted by Crippen LogP contribution is -2.42. The number of amides is 1. The molecule has 0 aromatic heterocycles. The lowest BCUT2D eigenvalue weighted by molar-refractivity contribution is -0.384. The van der Waals surface area contributed by atoms with Gasteiger partial charge in [-0.05, 0) is 78.9 Å². The third-order valence-corrected chi connectivity index (χ3v) is 6.19. The fourth-order valence-electron chi connectivity index (χ4n) is 4.53. The number of methoxy groups -OCH3 is 2. The second-order valence-corrected chi connectivity index (χ2v) is 8.61. The molecule has 0 saturated heterocycles. The van der Waals surface area contributed by atoms with E-state index in [2.05, 4.69) is 6.07 Å². The summed E-state index contributed by atoms with van der Waals surface area (Å²) in [5.41, 5.74) is 4.49. The third kappa shape index (κ3) is 5.06. The van der Waals surface area contributed by atoms with Gasteiger partial charge in [-0.3, -0.25) is 14.9 Å². The Morgan fingerprint density at radius 2 is 1.63 bits per heavy atom. The van der Waals surface area contributed by atoms with Crippen molar-refractivity contribution in [3.05, 3.63) is 92.5 Å². The monoisotopic (exact) mass is 476 g/mol. The van der Waals surface area contributed by atoms with Crippen LogP contribution in [0, 0.1) is 24.0 Å². The molecular weight excluding hydrogens is 448 g/mol. The van der Waals surface area contributed by atoms with Crippen molar-refractivity contribution >= 4 is 11.6 Å². The van der Waals surface area contributed by atoms with Crippen molar-refractivity contribution in [1.29, 1.82) is 0 Å². The summed E-state index contributed by atoms with van der Waals surface area (Å²) in [4.78, 5) is 25.8. The summed E-state index contributed by atoms with van der Waals surface area (Å²) < 4.78 is 17.2. The molecule has 8 nitrogen and oxygen atoms in total. The van der Waals surface area contributed by atoms with Gasteiger partial charge in [0.2, 0.25) is 0 Å². The van der Waals surface area contributed by atoms with Gasteiger partial charge < -0.3 is 19.1 Å². The van der Waals surface area contributed by atoms with Crippen molar-refractivity contribution in [2.45, 2.75) is 26.3 Å². The van der Waals surface area contributed by atoms with E-state index in [1.807, 2.05) is 38.1 Å². The van der Waals surface area contributed by atoms with Gasteiger partial charge in [-0.1, -0.05) is 6.07 Å². The predicted molar refractivity (Wildman–Crippen MR) is 132 cm³/mol. The number of hydrogen-bond donors (Lipinski definition) is 0. The van der Waals surface area contributed by atoms with Gasteiger partial charge in [0.15, 0.2) is 11.5 Å². The van der Waals surface area contributed by atoms with E-state index in [0.717, 1.165) is 28.0 Å². The molecule has 182 valence electrons. The van der Waals surface area contributed by atoms with Crippen LogP contribution in [0.4, 0.5) is 5.69 Å². The van der Waals surface area contributed by atoms with Crippen molar-refractivity contribution in [3.63, 3.8) is 0 Å². The molecule has 35 heavy (non-hydrogen) atoms. The number of rotatable bonds is 7. The number of aryl methyl sites for hydroxylation is 2. The molecular formula is C27H28N2O6. The summed E-state index contributed by atoms with van der Waals surface area (Å²) in [6.07, 6.45) is 0.633. The van der Waals surface area contributed by atoms with Crippen LogP contribution in [0.1, 0.15) is 38.7 Å². The lowest BCUT2D eigenvalue weighted by Gasteiger charge is -2.37. The zero-order valence-electron chi connectivity index (χ0n) is 20.2. The molecule has 0 aliphatic carbocycles. The highest BCUT2D eigenvalue weighted by Gasteiger charge is 2.33. The Labute approximate surface area is 204 Å². The van der Waals surface area contributed by atoms with E-state index in [9.17, 15) is 14.9 Å². The molecule has 1 aliphatic heterocycles. The molecule has 0 N–H and O–H groups in total. The molecule has 0 bridgehead atoms. The molecule has 3 aromatic rings. The van der Waals surface area contributed by atoms with Gasteiger partial charge in [0.1, 0.15) is 12.4 Å². The van der Waals surface area contributed by atoms with E-state index in [1.54, 1.807) is 19.1 Å². The fourth-order valence-corrected chi connectivity index (χ4v) is 4.53. The van der Waals surface area contributed by atoms with E-state index in [-0.39, 0.29) is 24.2 Å². The second kappa shape index (κ2) is 10.0. The first-order valence-electron chi connectivity index (χ1n) is 11.3. The van der Waals surface area contributed by atoms with E-state index in [1.165, 1.54) is 24.3 Å². The normalized spacial score (nSPS) is 14.7. The molecule has 0 spiro atoms. The Kier molecular flexibility index (Phi) is 6.91. The maximum absolute atomic E-state index is 13.5. The average molecular weight is 477 g/mol. The van der Waals surface area contributed by atoms with Crippen LogP contribution in [0.5, 0.6) is 17.2 Å². The summed E-state index contributed by atoms with van der Waals surface area (Å²) in [7, 11) is 3.17. The highest BCUT2D eigenvalue weighted by molar-refractivity contribution is 5.95. The molecule has 0 fully saturated rings. The number of nitrogens with zero attached hydrogens (tertiary/aromatic N) is 2. The Morgan fingerprint density at radius 1 is 1.00 bits per heavy atom. The van der Waals surface area contributed by atoms with Crippen molar-refractivity contribution in [1.82, 2.24) is 4.90 Å². The fraction of sp³-hybridized carbons (Fsp3) is 0.296. The molecule has 3 aromatic carbocycles. The van der Waals surface area contributed by atoms with Crippen LogP contribution in [0.25, 0.3) is 0 Å². The minimum atomic E-state index is -0.481. The van der Waals surface area contributed by atoms with Gasteiger partial charge in [0.05, 0.1) is 25.2 Å². The van der Waals surface area contributed by atoms with Crippen LogP contribution < -0.4 is 14.2 Å². The Balaban J connectivity index is 1.70. The van der Waals surface area contributed by atoms with Crippen LogP contribution in [0.3, 0.4) is 0 Å². The second-order valence-electron chi connectivity index (χ2n) is 8.61. The van der Waals surface area contributed by atoms with Crippen molar-refractivity contribution < 1.29 is 23.9 Å². The van der Waals surface area contributed by atoms with Crippen LogP contribution in [-0.2, 0) is 6.42 Å². The van der Waals surface area contributed by atoms with E-state index in [4.69, 9.17) is 14.2 Å². The van der Waals surface area contributed by atoms with Crippen molar-refractivity contribution in [2.75, 3.05) is 27.4 Å². The molecule has 0 radical (unpaired) electrons. The summed E-state index contributed by atoms with van der Waals surface area (Å²) >= 11 is 0. The van der Waals surface area contributed by atoms with E-state index >= 15 is 0 Å². The van der Waals surface area contributed by atoms with Gasteiger partial charge in [0.25, 0.3) is 11.6 Å². The number of carbonyl (C=O) groups is 1. The van der Waals surface area contributed by atoms with Gasteiger partial charge >= 0.3 is 0 Å². The number of nitro benzene ring substituents is 1. The van der Waals surface area contributed by atoms with Gasteiger partial charge in [0, 0.05) is 24.2 Å². The number of ether oxygens (including phenoxy) is 3. The SMILES string of the molecule is COc1cc2c(cc1OC)[C@H](COc1cc(C)cc(C)c1)N(C(=O)c1ccc([N+](=O)[O-])cc1)CC2. The zero-order valence-corrected chi connectivity index (χ0v) is 20.2. The van der Waals surface area contributed by atoms with E-state index < -0.39 is 4.92 Å². The highest BCUT2D eigenvalue weighted by atomic mass is 16.6. The third-order valence-electron chi connectivity index (χ3n) is 6.19. The van der Waals surface area contributed by atoms with Crippen LogP contribution in [0.15, 0.2) is 54.6 Å². The van der Waals surface area contributed by atoms with Crippen LogP contribution in [0.2, 0.25) is 0 Å². The summed E-state index contributed by atoms with van der Waals surface area (Å²) in [6.45, 7) is 4.73. The molecule has 0 saturated carbocycles. The van der Waals surface area contributed by atoms with Crippen LogP contribution >= 0.6 is 0 Å². The van der Waals surface area contributed by atoms with Gasteiger partial charge in [-0.2, -0.15) is 0 Å². The lowest BCUT2D eigenvalue weighted by atomic mass is 9.91. The number of non-ortho nitro benzene ring substituents is 1. The minimum Gasteiger partial charge on any atom is -0.493 e. The number of hydrogen-bond acceptors (Lipinski definition) is 6. The smallest absolute Gasteiger partial charge is 0.269 e. The van der Waals surface area contributed by atoms with Crippen molar-refractivity contribution in [2.24, 2.45) is 0 Å². The zero-order chi connectivity index (χ0) is 25.1. The molecule has 1 amide bonds. The first kappa shape index (κ1) is 24.1. The quantitative estimate of drug-likeness (QED) is 0.350. The maximum atomic E-state index is 13.5. The highest BCUT2D eigenvalue weighted by Crippen LogP contribution is 2.39. The van der Waals surface area contributed by atoms with Crippen LogP contribution in [-0.4, -0.2) is 43.1 Å². The Morgan fingerprint density at radius 3 is 2.23 bits per heavy atom. The summed E-state index contributed by atoms with van der Waals surface area (Å²) in [5.74, 6) is 1.73. The first-order valence-corrected chi connectivity index (χ1v) is 11.3. The maximum Gasteiger partial charge on any atom is 0.269 e. The molecule has 0 unspecified atom stereocenters. The first-order chi connectivity index (χ1) is 16.8. The standard InChI is InChI=1S/C27H28N2O6/c1-17-11-18(2)13-22(12-17)35-16-24-23-15-26(34-4)25(33-3)14-20(23)9-10-28(24)27(30)19-5-7-21(8-6-19)29(31)32/h5-8,11-15,24H,9-10,16H2,1-4H3/t24-/m0/s1. The number of benzene rings is 3. The number of carbonyl (C=O) groups excluding carboxylic acids is 1. The average Bonchev–Trinajstić information content (AvgIpc) is 2.85. The number of nitro groups is 1. The topological polar surface area (TPSA) is 91.1 Å². The molecule has 8 heteroatoms. The largest absolute Gasteiger partial charge is 0.493 e. The molecule has 1 aliphatic rings. The summed E-state index contributed by atoms with van der Waals surface area (Å²) in [5, 5.41) is 11.0. The number of fused-ring (bicyclic) bond motifs is 1. The van der Waals surface area contributed by atoms with Gasteiger partial charge in [-0.15, -0.1) is 0 Å². The molecule has 1 atom stereocenters. The van der Waals surface area contributed by atoms with Gasteiger partial charge in [-0.25, -0.2) is 0 Å². The predicted octanol–water partition coefficient (Wildman–Crippen LogP) is 5.05. The molecule has 1 heterocycles. The van der Waals surface area contributed by atoms with E-state index in [0.29, 0.717) is 30.0 Å². The van der Waals surface area contributed by atoms with Crippen molar-refractivity contribution in [3.8, 4) is 17.2 Å². The minimum absolute atomic E-state index is 0.0583. The Hall–Kier alpha value is -4.07. The Bertz CT molecular complexity index is 1240.